The first-order valence-electron chi connectivity index (χ1n) is 3.88. The van der Waals surface area contributed by atoms with Gasteiger partial charge >= 0.3 is 12.1 Å². The molecule has 16 heavy (non-hydrogen) atoms. The molecular formula is C8H5ClF3NO2S. The molecule has 3 nitrogen and oxygen atoms in total. The van der Waals surface area contributed by atoms with Gasteiger partial charge in [-0.3, -0.25) is 4.79 Å². The first-order chi connectivity index (χ1) is 7.30. The molecule has 0 amide bonds. The molecule has 0 aliphatic heterocycles. The normalized spacial score (nSPS) is 11.5. The van der Waals surface area contributed by atoms with Crippen LogP contribution < -0.4 is 0 Å². The van der Waals surface area contributed by atoms with Crippen LogP contribution in [0.15, 0.2) is 17.3 Å². The summed E-state index contributed by atoms with van der Waals surface area (Å²) >= 11 is 6.31. The van der Waals surface area contributed by atoms with Gasteiger partial charge in [0.2, 0.25) is 0 Å². The van der Waals surface area contributed by atoms with Crippen LogP contribution in [0.2, 0.25) is 5.02 Å². The van der Waals surface area contributed by atoms with E-state index in [1.807, 2.05) is 0 Å². The van der Waals surface area contributed by atoms with Gasteiger partial charge in [-0.2, -0.15) is 13.2 Å². The standard InChI is InChI=1S/C8H5ClF3NO2S/c9-5-1-4(8(10,11)12)2-13-7(5)16-3-6(14)15/h1-2H,3H2,(H,14,15). The van der Waals surface area contributed by atoms with Crippen LogP contribution in [-0.4, -0.2) is 21.8 Å². The molecule has 0 atom stereocenters. The van der Waals surface area contributed by atoms with Crippen LogP contribution in [0.3, 0.4) is 0 Å². The highest BCUT2D eigenvalue weighted by molar-refractivity contribution is 8.00. The maximum atomic E-state index is 12.2. The molecule has 0 aliphatic rings. The van der Waals surface area contributed by atoms with E-state index in [0.717, 1.165) is 17.8 Å². The van der Waals surface area contributed by atoms with Crippen molar-refractivity contribution in [2.45, 2.75) is 11.2 Å². The first-order valence-corrected chi connectivity index (χ1v) is 5.24. The molecule has 0 saturated heterocycles. The number of hydrogen-bond acceptors (Lipinski definition) is 3. The molecule has 0 saturated carbocycles. The number of aliphatic carboxylic acids is 1. The van der Waals surface area contributed by atoms with Crippen LogP contribution in [0.25, 0.3) is 0 Å². The van der Waals surface area contributed by atoms with Gasteiger partial charge in [-0.25, -0.2) is 4.98 Å². The molecule has 1 rings (SSSR count). The molecule has 1 aromatic rings. The highest BCUT2D eigenvalue weighted by Crippen LogP contribution is 2.33. The monoisotopic (exact) mass is 271 g/mol. The zero-order valence-corrected chi connectivity index (χ0v) is 9.16. The number of pyridine rings is 1. The average molecular weight is 272 g/mol. The number of nitrogens with zero attached hydrogens (tertiary/aromatic N) is 1. The third kappa shape index (κ3) is 3.57. The summed E-state index contributed by atoms with van der Waals surface area (Å²) in [5.74, 6) is -1.40. The van der Waals surface area contributed by atoms with Crippen molar-refractivity contribution in [3.05, 3.63) is 22.8 Å². The van der Waals surface area contributed by atoms with E-state index in [1.54, 1.807) is 0 Å². The topological polar surface area (TPSA) is 50.2 Å². The minimum atomic E-state index is -4.51. The second-order valence-electron chi connectivity index (χ2n) is 2.69. The SMILES string of the molecule is O=C(O)CSc1ncc(C(F)(F)F)cc1Cl. The molecule has 0 bridgehead atoms. The van der Waals surface area contributed by atoms with Gasteiger partial charge < -0.3 is 5.11 Å². The minimum Gasteiger partial charge on any atom is -0.481 e. The van der Waals surface area contributed by atoms with Gasteiger partial charge in [0.25, 0.3) is 0 Å². The van der Waals surface area contributed by atoms with Crippen LogP contribution >= 0.6 is 23.4 Å². The van der Waals surface area contributed by atoms with E-state index in [1.165, 1.54) is 0 Å². The van der Waals surface area contributed by atoms with Gasteiger partial charge in [-0.1, -0.05) is 23.4 Å². The summed E-state index contributed by atoms with van der Waals surface area (Å²) in [6.45, 7) is 0. The van der Waals surface area contributed by atoms with Crippen LogP contribution in [0.1, 0.15) is 5.56 Å². The number of rotatable bonds is 3. The van der Waals surface area contributed by atoms with Gasteiger partial charge in [0.05, 0.1) is 16.3 Å². The number of hydrogen-bond donors (Lipinski definition) is 1. The Bertz CT molecular complexity index is 411. The van der Waals surface area contributed by atoms with Crippen molar-refractivity contribution in [3.63, 3.8) is 0 Å². The Kier molecular flexibility index (Phi) is 4.03. The van der Waals surface area contributed by atoms with E-state index in [2.05, 4.69) is 4.98 Å². The van der Waals surface area contributed by atoms with Crippen molar-refractivity contribution in [1.29, 1.82) is 0 Å². The van der Waals surface area contributed by atoms with E-state index in [9.17, 15) is 18.0 Å². The van der Waals surface area contributed by atoms with Crippen molar-refractivity contribution in [2.75, 3.05) is 5.75 Å². The lowest BCUT2D eigenvalue weighted by molar-refractivity contribution is -0.138. The molecule has 0 unspecified atom stereocenters. The zero-order valence-electron chi connectivity index (χ0n) is 7.58. The van der Waals surface area contributed by atoms with E-state index >= 15 is 0 Å². The van der Waals surface area contributed by atoms with E-state index < -0.39 is 17.7 Å². The number of halogens is 4. The molecular weight excluding hydrogens is 267 g/mol. The van der Waals surface area contributed by atoms with E-state index in [0.29, 0.717) is 6.20 Å². The van der Waals surface area contributed by atoms with Gasteiger partial charge in [0, 0.05) is 6.20 Å². The lowest BCUT2D eigenvalue weighted by atomic mass is 10.3. The summed E-state index contributed by atoms with van der Waals surface area (Å²) in [6.07, 6.45) is -3.89. The third-order valence-corrected chi connectivity index (χ3v) is 2.86. The van der Waals surface area contributed by atoms with Gasteiger partial charge in [-0.05, 0) is 6.07 Å². The Morgan fingerprint density at radius 2 is 2.19 bits per heavy atom. The summed E-state index contributed by atoms with van der Waals surface area (Å²) in [5, 5.41) is 8.24. The average Bonchev–Trinajstić information content (AvgIpc) is 2.14. The van der Waals surface area contributed by atoms with Crippen molar-refractivity contribution in [3.8, 4) is 0 Å². The van der Waals surface area contributed by atoms with Gasteiger partial charge in [-0.15, -0.1) is 0 Å². The largest absolute Gasteiger partial charge is 0.481 e. The molecule has 0 aromatic carbocycles. The van der Waals surface area contributed by atoms with Crippen LogP contribution in [0.5, 0.6) is 0 Å². The van der Waals surface area contributed by atoms with Crippen LogP contribution in [0.4, 0.5) is 13.2 Å². The van der Waals surface area contributed by atoms with Gasteiger partial charge in [0.15, 0.2) is 0 Å². The lowest BCUT2D eigenvalue weighted by Crippen LogP contribution is -2.06. The smallest absolute Gasteiger partial charge is 0.417 e. The number of carbonyl (C=O) groups is 1. The Balaban J connectivity index is 2.88. The van der Waals surface area contributed by atoms with Gasteiger partial charge in [0.1, 0.15) is 5.03 Å². The molecule has 1 N–H and O–H groups in total. The number of carboxylic acid groups (broad SMARTS) is 1. The molecule has 0 radical (unpaired) electrons. The maximum absolute atomic E-state index is 12.2. The molecule has 0 spiro atoms. The highest BCUT2D eigenvalue weighted by Gasteiger charge is 2.31. The number of alkyl halides is 3. The van der Waals surface area contributed by atoms with Crippen molar-refractivity contribution < 1.29 is 23.1 Å². The summed E-state index contributed by atoms with van der Waals surface area (Å²) in [6, 6.07) is 0.721. The van der Waals surface area contributed by atoms with Crippen molar-refractivity contribution in [1.82, 2.24) is 4.98 Å². The molecule has 0 fully saturated rings. The molecule has 8 heteroatoms. The molecule has 0 aliphatic carbocycles. The fraction of sp³-hybridized carbons (Fsp3) is 0.250. The molecule has 1 aromatic heterocycles. The predicted octanol–water partition coefficient (Wildman–Crippen LogP) is 2.93. The zero-order chi connectivity index (χ0) is 12.3. The fourth-order valence-electron chi connectivity index (χ4n) is 0.817. The second-order valence-corrected chi connectivity index (χ2v) is 4.06. The summed E-state index contributed by atoms with van der Waals surface area (Å²) in [4.78, 5) is 13.7. The summed E-state index contributed by atoms with van der Waals surface area (Å²) in [5.41, 5.74) is -0.961. The second kappa shape index (κ2) is 4.92. The Morgan fingerprint density at radius 3 is 2.62 bits per heavy atom. The number of thioether (sulfide) groups is 1. The van der Waals surface area contributed by atoms with E-state index in [-0.39, 0.29) is 15.8 Å². The summed E-state index contributed by atoms with van der Waals surface area (Å²) < 4.78 is 36.6. The Hall–Kier alpha value is -0.950. The minimum absolute atomic E-state index is 0.0667. The van der Waals surface area contributed by atoms with E-state index in [4.69, 9.17) is 16.7 Å². The molecule has 1 heterocycles. The van der Waals surface area contributed by atoms with Crippen molar-refractivity contribution >= 4 is 29.3 Å². The predicted molar refractivity (Wildman–Crippen MR) is 52.6 cm³/mol. The quantitative estimate of drug-likeness (QED) is 0.859. The number of aromatic nitrogens is 1. The fourth-order valence-corrected chi connectivity index (χ4v) is 1.73. The lowest BCUT2D eigenvalue weighted by Gasteiger charge is -2.07. The Labute approximate surface area is 97.6 Å². The van der Waals surface area contributed by atoms with Crippen LogP contribution in [-0.2, 0) is 11.0 Å². The third-order valence-electron chi connectivity index (χ3n) is 1.47. The summed E-state index contributed by atoms with van der Waals surface area (Å²) in [7, 11) is 0. The molecule has 88 valence electrons. The maximum Gasteiger partial charge on any atom is 0.417 e. The first kappa shape index (κ1) is 13.1. The Morgan fingerprint density at radius 1 is 1.56 bits per heavy atom. The number of carboxylic acids is 1. The highest BCUT2D eigenvalue weighted by atomic mass is 35.5. The van der Waals surface area contributed by atoms with Crippen LogP contribution in [0, 0.1) is 0 Å². The van der Waals surface area contributed by atoms with Crippen molar-refractivity contribution in [2.24, 2.45) is 0 Å².